The third-order valence-corrected chi connectivity index (χ3v) is 7.82. The number of carbonyl (C=O) groups is 4. The van der Waals surface area contributed by atoms with Gasteiger partial charge in [0.1, 0.15) is 18.1 Å². The molecule has 1 unspecified atom stereocenters. The summed E-state index contributed by atoms with van der Waals surface area (Å²) >= 11 is 0. The van der Waals surface area contributed by atoms with Crippen molar-refractivity contribution in [1.82, 2.24) is 24.8 Å². The number of fused-ring (bicyclic) bond motifs is 1. The van der Waals surface area contributed by atoms with Crippen molar-refractivity contribution in [3.05, 3.63) is 84.4 Å². The van der Waals surface area contributed by atoms with Crippen LogP contribution in [-0.4, -0.2) is 74.4 Å². The Morgan fingerprint density at radius 3 is 2.57 bits per heavy atom. The number of hydrogen-bond donors (Lipinski definition) is 4. The van der Waals surface area contributed by atoms with Crippen LogP contribution in [0.25, 0.3) is 10.9 Å². The molecule has 0 bridgehead atoms. The highest BCUT2D eigenvalue weighted by Crippen LogP contribution is 2.28. The average molecular weight is 600 g/mol. The van der Waals surface area contributed by atoms with Crippen molar-refractivity contribution < 1.29 is 23.9 Å². The van der Waals surface area contributed by atoms with E-state index in [2.05, 4.69) is 20.6 Å². The molecule has 12 nitrogen and oxygen atoms in total. The first-order chi connectivity index (χ1) is 21.1. The Labute approximate surface area is 255 Å². The topological polar surface area (TPSA) is 164 Å². The molecule has 0 radical (unpaired) electrons. The highest BCUT2D eigenvalue weighted by molar-refractivity contribution is 5.98. The number of rotatable bonds is 10. The van der Waals surface area contributed by atoms with Crippen molar-refractivity contribution in [2.45, 2.75) is 56.8 Å². The standard InChI is InChI=1S/C32H37N7O5/c1-32(2,33)31(43)36-24(16-21-17-34-23-13-8-7-12-22(21)23)28(40)37-26-18-38(19-35-26)27(20-10-5-4-6-11-20)29(41)39-15-9-14-25(39)30(42)44-3/h4-8,10-13,17-19,24-25,27,34H,9,14-16,33H2,1-3H3,(H,36,43)(H,37,40)/t24-,25-,27?/m1/s1. The van der Waals surface area contributed by atoms with Gasteiger partial charge in [-0.2, -0.15) is 0 Å². The molecule has 2 aromatic carbocycles. The molecule has 0 spiro atoms. The second kappa shape index (κ2) is 12.7. The van der Waals surface area contributed by atoms with Gasteiger partial charge in [-0.25, -0.2) is 9.78 Å². The van der Waals surface area contributed by atoms with E-state index in [0.29, 0.717) is 24.9 Å². The number of ether oxygens (including phenoxy) is 1. The number of amides is 3. The van der Waals surface area contributed by atoms with E-state index >= 15 is 0 Å². The number of nitrogens with zero attached hydrogens (tertiary/aromatic N) is 3. The molecule has 230 valence electrons. The number of benzene rings is 2. The summed E-state index contributed by atoms with van der Waals surface area (Å²) in [6.07, 6.45) is 6.25. The number of aromatic amines is 1. The van der Waals surface area contributed by atoms with Crippen molar-refractivity contribution in [3.63, 3.8) is 0 Å². The molecule has 3 amide bonds. The van der Waals surface area contributed by atoms with E-state index in [1.165, 1.54) is 13.4 Å². The van der Waals surface area contributed by atoms with Crippen LogP contribution in [0.5, 0.6) is 0 Å². The largest absolute Gasteiger partial charge is 0.467 e. The zero-order valence-corrected chi connectivity index (χ0v) is 24.9. The van der Waals surface area contributed by atoms with E-state index in [1.807, 2.05) is 60.8 Å². The molecule has 1 aliphatic heterocycles. The maximum atomic E-state index is 13.9. The van der Waals surface area contributed by atoms with Crippen molar-refractivity contribution in [3.8, 4) is 0 Å². The highest BCUT2D eigenvalue weighted by atomic mass is 16.5. The van der Waals surface area contributed by atoms with E-state index < -0.39 is 41.4 Å². The van der Waals surface area contributed by atoms with Crippen LogP contribution >= 0.6 is 0 Å². The lowest BCUT2D eigenvalue weighted by molar-refractivity contribution is -0.151. The summed E-state index contributed by atoms with van der Waals surface area (Å²) in [5, 5.41) is 6.51. The van der Waals surface area contributed by atoms with Gasteiger partial charge in [-0.3, -0.25) is 14.4 Å². The van der Waals surface area contributed by atoms with E-state index in [9.17, 15) is 19.2 Å². The van der Waals surface area contributed by atoms with Crippen LogP contribution in [0, 0.1) is 0 Å². The van der Waals surface area contributed by atoms with E-state index in [-0.39, 0.29) is 18.1 Å². The number of methoxy groups -OCH3 is 1. The number of anilines is 1. The SMILES string of the molecule is COC(=O)[C@H]1CCCN1C(=O)C(c1ccccc1)n1cnc(NC(=O)[C@@H](Cc2c[nH]c3ccccc23)NC(=O)C(C)(C)N)c1. The Bertz CT molecular complexity index is 1660. The normalized spacial score (nSPS) is 16.4. The molecule has 4 aromatic rings. The minimum absolute atomic E-state index is 0.194. The summed E-state index contributed by atoms with van der Waals surface area (Å²) in [5.74, 6) is -1.52. The van der Waals surface area contributed by atoms with Crippen molar-refractivity contribution in [1.29, 1.82) is 0 Å². The molecule has 3 atom stereocenters. The second-order valence-electron chi connectivity index (χ2n) is 11.5. The number of carbonyl (C=O) groups excluding carboxylic acids is 4. The van der Waals surface area contributed by atoms with Crippen LogP contribution in [0.15, 0.2) is 73.3 Å². The van der Waals surface area contributed by atoms with Gasteiger partial charge in [0.2, 0.25) is 11.8 Å². The highest BCUT2D eigenvalue weighted by Gasteiger charge is 2.39. The molecule has 0 aliphatic carbocycles. The van der Waals surface area contributed by atoms with Crippen LogP contribution in [0.2, 0.25) is 0 Å². The first-order valence-corrected chi connectivity index (χ1v) is 14.5. The van der Waals surface area contributed by atoms with Gasteiger partial charge in [0, 0.05) is 36.3 Å². The second-order valence-corrected chi connectivity index (χ2v) is 11.5. The Balaban J connectivity index is 1.40. The predicted octanol–water partition coefficient (Wildman–Crippen LogP) is 2.52. The number of hydrogen-bond acceptors (Lipinski definition) is 7. The Kier molecular flexibility index (Phi) is 8.81. The summed E-state index contributed by atoms with van der Waals surface area (Å²) in [4.78, 5) is 61.9. The first kappa shape index (κ1) is 30.5. The van der Waals surface area contributed by atoms with Gasteiger partial charge in [0.05, 0.1) is 19.0 Å². The number of aromatic nitrogens is 3. The summed E-state index contributed by atoms with van der Waals surface area (Å²) in [6.45, 7) is 3.56. The molecule has 12 heteroatoms. The number of imidazole rings is 1. The summed E-state index contributed by atoms with van der Waals surface area (Å²) < 4.78 is 6.55. The number of H-pyrrole nitrogens is 1. The number of nitrogens with one attached hydrogen (secondary N) is 3. The minimum Gasteiger partial charge on any atom is -0.467 e. The molecular weight excluding hydrogens is 562 g/mol. The molecule has 5 rings (SSSR count). The summed E-state index contributed by atoms with van der Waals surface area (Å²) in [6, 6.07) is 14.4. The molecular formula is C32H37N7O5. The Morgan fingerprint density at radius 1 is 1.11 bits per heavy atom. The zero-order valence-electron chi connectivity index (χ0n) is 24.9. The monoisotopic (exact) mass is 599 g/mol. The predicted molar refractivity (Wildman–Crippen MR) is 164 cm³/mol. The fourth-order valence-corrected chi connectivity index (χ4v) is 5.48. The number of likely N-dealkylation sites (tertiary alicyclic amines) is 1. The molecule has 44 heavy (non-hydrogen) atoms. The lowest BCUT2D eigenvalue weighted by Crippen LogP contribution is -2.55. The van der Waals surface area contributed by atoms with Gasteiger partial charge in [0.15, 0.2) is 5.82 Å². The van der Waals surface area contributed by atoms with E-state index in [4.69, 9.17) is 10.5 Å². The minimum atomic E-state index is -1.21. The van der Waals surface area contributed by atoms with Crippen LogP contribution in [-0.2, 0) is 30.3 Å². The maximum Gasteiger partial charge on any atom is 0.328 e. The van der Waals surface area contributed by atoms with Gasteiger partial charge in [0.25, 0.3) is 5.91 Å². The average Bonchev–Trinajstić information content (AvgIpc) is 3.77. The summed E-state index contributed by atoms with van der Waals surface area (Å²) in [7, 11) is 1.31. The third kappa shape index (κ3) is 6.50. The fourth-order valence-electron chi connectivity index (χ4n) is 5.48. The quantitative estimate of drug-likeness (QED) is 0.203. The van der Waals surface area contributed by atoms with Gasteiger partial charge >= 0.3 is 5.97 Å². The van der Waals surface area contributed by atoms with E-state index in [0.717, 1.165) is 16.5 Å². The van der Waals surface area contributed by atoms with Crippen molar-refractivity contribution in [2.75, 3.05) is 19.0 Å². The van der Waals surface area contributed by atoms with Crippen LogP contribution in [0.4, 0.5) is 5.82 Å². The Morgan fingerprint density at radius 2 is 1.84 bits per heavy atom. The lowest BCUT2D eigenvalue weighted by Gasteiger charge is -2.28. The van der Waals surface area contributed by atoms with Crippen molar-refractivity contribution >= 4 is 40.4 Å². The van der Waals surface area contributed by atoms with Gasteiger partial charge in [-0.1, -0.05) is 48.5 Å². The molecule has 2 aromatic heterocycles. The molecule has 1 aliphatic rings. The van der Waals surface area contributed by atoms with Gasteiger partial charge in [-0.05, 0) is 43.9 Å². The number of esters is 1. The first-order valence-electron chi connectivity index (χ1n) is 14.5. The summed E-state index contributed by atoms with van der Waals surface area (Å²) in [5.41, 5.74) is 7.27. The third-order valence-electron chi connectivity index (χ3n) is 7.82. The zero-order chi connectivity index (χ0) is 31.4. The molecule has 0 saturated carbocycles. The van der Waals surface area contributed by atoms with Crippen LogP contribution < -0.4 is 16.4 Å². The fraction of sp³-hybridized carbons (Fsp3) is 0.344. The molecule has 3 heterocycles. The maximum absolute atomic E-state index is 13.9. The van der Waals surface area contributed by atoms with Gasteiger partial charge < -0.3 is 35.6 Å². The van der Waals surface area contributed by atoms with Crippen molar-refractivity contribution in [2.24, 2.45) is 5.73 Å². The molecule has 1 fully saturated rings. The number of nitrogens with two attached hydrogens (primary N) is 1. The molecule has 5 N–H and O–H groups in total. The van der Waals surface area contributed by atoms with Gasteiger partial charge in [-0.15, -0.1) is 0 Å². The lowest BCUT2D eigenvalue weighted by atomic mass is 10.0. The number of para-hydroxylation sites is 1. The van der Waals surface area contributed by atoms with E-state index in [1.54, 1.807) is 29.5 Å². The smallest absolute Gasteiger partial charge is 0.328 e. The molecule has 1 saturated heterocycles. The van der Waals surface area contributed by atoms with Crippen LogP contribution in [0.3, 0.4) is 0 Å². The van der Waals surface area contributed by atoms with Crippen LogP contribution in [0.1, 0.15) is 43.9 Å². The Hall–Kier alpha value is -4.97.